The maximum Gasteiger partial charge on any atom is 0.387 e. The average molecular weight is 324 g/mol. The van der Waals surface area contributed by atoms with Crippen molar-refractivity contribution < 1.29 is 23.0 Å². The Hall–Kier alpha value is -2.90. The van der Waals surface area contributed by atoms with Gasteiger partial charge in [-0.15, -0.1) is 0 Å². The number of carbonyl (C=O) groups is 1. The van der Waals surface area contributed by atoms with E-state index in [4.69, 9.17) is 4.74 Å². The van der Waals surface area contributed by atoms with E-state index in [0.717, 1.165) is 0 Å². The van der Waals surface area contributed by atoms with E-state index in [1.807, 2.05) is 0 Å². The van der Waals surface area contributed by atoms with Crippen LogP contribution in [0.5, 0.6) is 11.5 Å². The molecule has 122 valence electrons. The van der Waals surface area contributed by atoms with Crippen LogP contribution in [-0.4, -0.2) is 24.6 Å². The number of carbonyl (C=O) groups excluding carboxylic acids is 1. The minimum Gasteiger partial charge on any atom is -0.493 e. The van der Waals surface area contributed by atoms with E-state index in [2.05, 4.69) is 15.0 Å². The summed E-state index contributed by atoms with van der Waals surface area (Å²) in [5.41, 5.74) is 0.636. The maximum absolute atomic E-state index is 12.2. The van der Waals surface area contributed by atoms with Crippen LogP contribution >= 0.6 is 0 Å². The van der Waals surface area contributed by atoms with Crippen molar-refractivity contribution in [3.8, 4) is 11.5 Å². The molecule has 0 bridgehead atoms. The number of aromatic nitrogens is 1. The number of amides is 1. The summed E-state index contributed by atoms with van der Waals surface area (Å²) in [6, 6.07) is 7.01. The van der Waals surface area contributed by atoms with Crippen LogP contribution in [0.15, 0.2) is 41.3 Å². The molecular weight excluding hydrogens is 310 g/mol. The molecule has 23 heavy (non-hydrogen) atoms. The third-order valence-electron chi connectivity index (χ3n) is 2.94. The average Bonchev–Trinajstić information content (AvgIpc) is 2.53. The lowest BCUT2D eigenvalue weighted by atomic mass is 10.2. The molecule has 2 aromatic rings. The topological polar surface area (TPSA) is 80.4 Å². The second kappa shape index (κ2) is 7.39. The molecule has 0 unspecified atom stereocenters. The molecule has 0 atom stereocenters. The molecule has 0 saturated carbocycles. The summed E-state index contributed by atoms with van der Waals surface area (Å²) >= 11 is 0. The van der Waals surface area contributed by atoms with Crippen molar-refractivity contribution in [3.05, 3.63) is 58.0 Å². The van der Waals surface area contributed by atoms with Crippen molar-refractivity contribution in [2.45, 2.75) is 13.2 Å². The predicted molar refractivity (Wildman–Crippen MR) is 77.9 cm³/mol. The first kappa shape index (κ1) is 16.5. The van der Waals surface area contributed by atoms with E-state index in [0.29, 0.717) is 11.1 Å². The van der Waals surface area contributed by atoms with Crippen LogP contribution in [0.1, 0.15) is 15.9 Å². The lowest BCUT2D eigenvalue weighted by Crippen LogP contribution is -2.23. The molecule has 2 N–H and O–H groups in total. The molecule has 0 saturated heterocycles. The van der Waals surface area contributed by atoms with Crippen molar-refractivity contribution in [3.63, 3.8) is 0 Å². The van der Waals surface area contributed by atoms with Gasteiger partial charge in [0.1, 0.15) is 0 Å². The highest BCUT2D eigenvalue weighted by Gasteiger charge is 2.12. The number of benzene rings is 1. The second-order valence-electron chi connectivity index (χ2n) is 4.49. The van der Waals surface area contributed by atoms with Crippen molar-refractivity contribution in [2.24, 2.45) is 0 Å². The lowest BCUT2D eigenvalue weighted by Gasteiger charge is -2.12. The Bertz CT molecular complexity index is 726. The highest BCUT2D eigenvalue weighted by Crippen LogP contribution is 2.29. The number of H-pyrrole nitrogens is 1. The van der Waals surface area contributed by atoms with Crippen LogP contribution in [0.25, 0.3) is 0 Å². The van der Waals surface area contributed by atoms with Crippen LogP contribution in [-0.2, 0) is 6.54 Å². The number of hydrogen-bond donors (Lipinski definition) is 2. The van der Waals surface area contributed by atoms with Gasteiger partial charge >= 0.3 is 6.61 Å². The Labute approximate surface area is 130 Å². The fourth-order valence-electron chi connectivity index (χ4n) is 1.85. The molecular formula is C15H14F2N2O4. The summed E-state index contributed by atoms with van der Waals surface area (Å²) in [5.74, 6) is -0.326. The third-order valence-corrected chi connectivity index (χ3v) is 2.94. The first-order valence-electron chi connectivity index (χ1n) is 6.58. The minimum absolute atomic E-state index is 0.0850. The summed E-state index contributed by atoms with van der Waals surface area (Å²) in [4.78, 5) is 25.2. The van der Waals surface area contributed by atoms with Gasteiger partial charge in [0.15, 0.2) is 11.5 Å². The van der Waals surface area contributed by atoms with Gasteiger partial charge in [-0.05, 0) is 23.8 Å². The molecule has 1 heterocycles. The van der Waals surface area contributed by atoms with Gasteiger partial charge < -0.3 is 19.8 Å². The number of methoxy groups -OCH3 is 1. The summed E-state index contributed by atoms with van der Waals surface area (Å²) in [6.45, 7) is -2.79. The molecule has 0 fully saturated rings. The van der Waals surface area contributed by atoms with Crippen LogP contribution in [0.4, 0.5) is 8.78 Å². The molecule has 0 aliphatic carbocycles. The zero-order valence-corrected chi connectivity index (χ0v) is 12.1. The quantitative estimate of drug-likeness (QED) is 0.851. The van der Waals surface area contributed by atoms with Crippen molar-refractivity contribution in [2.75, 3.05) is 7.11 Å². The monoisotopic (exact) mass is 324 g/mol. The summed E-state index contributed by atoms with van der Waals surface area (Å²) in [6.07, 6.45) is 1.30. The predicted octanol–water partition coefficient (Wildman–Crippen LogP) is 1.91. The number of halogens is 2. The van der Waals surface area contributed by atoms with Crippen LogP contribution in [0.3, 0.4) is 0 Å². The minimum atomic E-state index is -2.95. The number of rotatable bonds is 6. The summed E-state index contributed by atoms with van der Waals surface area (Å²) in [7, 11) is 1.33. The Morgan fingerprint density at radius 2 is 2.04 bits per heavy atom. The van der Waals surface area contributed by atoms with E-state index in [1.165, 1.54) is 43.6 Å². The maximum atomic E-state index is 12.2. The second-order valence-corrected chi connectivity index (χ2v) is 4.49. The first-order chi connectivity index (χ1) is 11.0. The smallest absolute Gasteiger partial charge is 0.387 e. The normalized spacial score (nSPS) is 10.4. The lowest BCUT2D eigenvalue weighted by molar-refractivity contribution is -0.0512. The number of nitrogens with one attached hydrogen (secondary N) is 2. The molecule has 1 amide bonds. The van der Waals surface area contributed by atoms with E-state index in [-0.39, 0.29) is 29.5 Å². The van der Waals surface area contributed by atoms with E-state index in [1.54, 1.807) is 0 Å². The fraction of sp³-hybridized carbons (Fsp3) is 0.200. The highest BCUT2D eigenvalue weighted by molar-refractivity contribution is 5.93. The molecule has 6 nitrogen and oxygen atoms in total. The van der Waals surface area contributed by atoms with Gasteiger partial charge in [-0.1, -0.05) is 6.07 Å². The molecule has 0 spiro atoms. The van der Waals surface area contributed by atoms with Crippen LogP contribution in [0.2, 0.25) is 0 Å². The zero-order chi connectivity index (χ0) is 16.8. The van der Waals surface area contributed by atoms with Gasteiger partial charge in [0.05, 0.1) is 12.7 Å². The zero-order valence-electron chi connectivity index (χ0n) is 12.1. The summed E-state index contributed by atoms with van der Waals surface area (Å²) < 4.78 is 33.8. The SMILES string of the molecule is COc1cc(CNC(=O)c2ccc(=O)[nH]c2)ccc1OC(F)F. The van der Waals surface area contributed by atoms with Gasteiger partial charge in [0, 0.05) is 18.8 Å². The van der Waals surface area contributed by atoms with Gasteiger partial charge in [-0.3, -0.25) is 9.59 Å². The summed E-state index contributed by atoms with van der Waals surface area (Å²) in [5, 5.41) is 2.64. The standard InChI is InChI=1S/C15H14F2N2O4/c1-22-12-6-9(2-4-11(12)23-15(16)17)7-19-14(21)10-3-5-13(20)18-8-10/h2-6,8,15H,7H2,1H3,(H,18,20)(H,19,21). The number of hydrogen-bond acceptors (Lipinski definition) is 4. The Morgan fingerprint density at radius 1 is 1.26 bits per heavy atom. The molecule has 2 rings (SSSR count). The van der Waals surface area contributed by atoms with Crippen LogP contribution < -0.4 is 20.3 Å². The fourth-order valence-corrected chi connectivity index (χ4v) is 1.85. The molecule has 0 radical (unpaired) electrons. The molecule has 0 aliphatic rings. The first-order valence-corrected chi connectivity index (χ1v) is 6.58. The number of ether oxygens (including phenoxy) is 2. The third kappa shape index (κ3) is 4.53. The van der Waals surface area contributed by atoms with E-state index < -0.39 is 6.61 Å². The molecule has 1 aromatic heterocycles. The Morgan fingerprint density at radius 3 is 2.65 bits per heavy atom. The van der Waals surface area contributed by atoms with E-state index >= 15 is 0 Å². The Balaban J connectivity index is 2.04. The van der Waals surface area contributed by atoms with Crippen molar-refractivity contribution in [1.29, 1.82) is 0 Å². The van der Waals surface area contributed by atoms with Crippen molar-refractivity contribution >= 4 is 5.91 Å². The van der Waals surface area contributed by atoms with Gasteiger partial charge in [0.25, 0.3) is 5.91 Å². The Kier molecular flexibility index (Phi) is 5.29. The van der Waals surface area contributed by atoms with Gasteiger partial charge in [-0.25, -0.2) is 0 Å². The molecule has 8 heteroatoms. The van der Waals surface area contributed by atoms with Gasteiger partial charge in [-0.2, -0.15) is 8.78 Å². The number of aromatic amines is 1. The highest BCUT2D eigenvalue weighted by atomic mass is 19.3. The number of pyridine rings is 1. The molecule has 1 aromatic carbocycles. The van der Waals surface area contributed by atoms with Crippen molar-refractivity contribution in [1.82, 2.24) is 10.3 Å². The van der Waals surface area contributed by atoms with Crippen LogP contribution in [0, 0.1) is 0 Å². The largest absolute Gasteiger partial charge is 0.493 e. The number of alkyl halides is 2. The van der Waals surface area contributed by atoms with Gasteiger partial charge in [0.2, 0.25) is 5.56 Å². The molecule has 0 aliphatic heterocycles. The van der Waals surface area contributed by atoms with E-state index in [9.17, 15) is 18.4 Å².